The van der Waals surface area contributed by atoms with E-state index in [0.29, 0.717) is 12.8 Å². The zero-order chi connectivity index (χ0) is 10.6. The second-order valence-electron chi connectivity index (χ2n) is 3.84. The van der Waals surface area contributed by atoms with Crippen molar-refractivity contribution in [1.29, 1.82) is 0 Å². The number of aliphatic hydroxyl groups is 1. The molecule has 0 radical (unpaired) electrons. The maximum Gasteiger partial charge on any atom is 0.315 e. The van der Waals surface area contributed by atoms with Crippen molar-refractivity contribution in [2.75, 3.05) is 7.11 Å². The van der Waals surface area contributed by atoms with Gasteiger partial charge in [0.25, 0.3) is 0 Å². The highest BCUT2D eigenvalue weighted by Crippen LogP contribution is 2.37. The van der Waals surface area contributed by atoms with Crippen LogP contribution in [0, 0.1) is 5.92 Å². The molecule has 1 rings (SSSR count). The molecule has 0 aromatic heterocycles. The topological polar surface area (TPSA) is 46.5 Å². The first-order chi connectivity index (χ1) is 6.64. The van der Waals surface area contributed by atoms with Gasteiger partial charge in [0.1, 0.15) is 5.92 Å². The Hall–Kier alpha value is -0.830. The van der Waals surface area contributed by atoms with Gasteiger partial charge in [-0.1, -0.05) is 25.0 Å². The van der Waals surface area contributed by atoms with Crippen LogP contribution in [-0.4, -0.2) is 23.8 Å². The molecule has 3 heteroatoms. The minimum atomic E-state index is -0.875. The summed E-state index contributed by atoms with van der Waals surface area (Å²) in [6.45, 7) is 1.84. The van der Waals surface area contributed by atoms with E-state index >= 15 is 0 Å². The van der Waals surface area contributed by atoms with Gasteiger partial charge in [-0.3, -0.25) is 4.79 Å². The summed E-state index contributed by atoms with van der Waals surface area (Å²) < 4.78 is 4.69. The van der Waals surface area contributed by atoms with E-state index in [9.17, 15) is 9.90 Å². The van der Waals surface area contributed by atoms with Crippen LogP contribution in [0.25, 0.3) is 0 Å². The fourth-order valence-corrected chi connectivity index (χ4v) is 2.09. The number of carbonyl (C=O) groups excluding carboxylic acids is 1. The fourth-order valence-electron chi connectivity index (χ4n) is 2.09. The molecule has 80 valence electrons. The van der Waals surface area contributed by atoms with Gasteiger partial charge in [-0.15, -0.1) is 0 Å². The third-order valence-corrected chi connectivity index (χ3v) is 2.89. The van der Waals surface area contributed by atoms with Gasteiger partial charge < -0.3 is 9.84 Å². The van der Waals surface area contributed by atoms with Crippen LogP contribution >= 0.6 is 0 Å². The number of rotatable bonds is 3. The number of methoxy groups -OCH3 is 1. The highest BCUT2D eigenvalue weighted by atomic mass is 16.5. The van der Waals surface area contributed by atoms with Gasteiger partial charge in [-0.05, 0) is 19.8 Å². The van der Waals surface area contributed by atoms with Gasteiger partial charge in [-0.25, -0.2) is 0 Å². The van der Waals surface area contributed by atoms with E-state index in [1.807, 2.05) is 6.92 Å². The molecule has 3 nitrogen and oxygen atoms in total. The lowest BCUT2D eigenvalue weighted by Crippen LogP contribution is -2.39. The lowest BCUT2D eigenvalue weighted by molar-refractivity contribution is -0.152. The van der Waals surface area contributed by atoms with Crippen molar-refractivity contribution in [3.63, 3.8) is 0 Å². The Bertz CT molecular complexity index is 227. The van der Waals surface area contributed by atoms with Crippen molar-refractivity contribution < 1.29 is 14.6 Å². The largest absolute Gasteiger partial charge is 0.468 e. The van der Waals surface area contributed by atoms with Gasteiger partial charge >= 0.3 is 5.97 Å². The Morgan fingerprint density at radius 2 is 2.07 bits per heavy atom. The summed E-state index contributed by atoms with van der Waals surface area (Å²) in [6, 6.07) is 0. The molecule has 0 bridgehead atoms. The highest BCUT2D eigenvalue weighted by Gasteiger charge is 2.42. The van der Waals surface area contributed by atoms with E-state index in [2.05, 4.69) is 0 Å². The summed E-state index contributed by atoms with van der Waals surface area (Å²) in [5.74, 6) is -0.840. The van der Waals surface area contributed by atoms with Crippen LogP contribution in [0.5, 0.6) is 0 Å². The predicted octanol–water partition coefficient (Wildman–Crippen LogP) is 1.66. The summed E-state index contributed by atoms with van der Waals surface area (Å²) in [5, 5.41) is 10.2. The Balaban J connectivity index is 2.80. The van der Waals surface area contributed by atoms with Crippen LogP contribution in [0.15, 0.2) is 12.2 Å². The minimum absolute atomic E-state index is 0.340. The Labute approximate surface area is 84.8 Å². The summed E-state index contributed by atoms with van der Waals surface area (Å²) in [7, 11) is 1.36. The van der Waals surface area contributed by atoms with Crippen LogP contribution in [0.2, 0.25) is 0 Å². The molecular weight excluding hydrogens is 180 g/mol. The average Bonchev–Trinajstić information content (AvgIpc) is 2.61. The lowest BCUT2D eigenvalue weighted by Gasteiger charge is -2.28. The van der Waals surface area contributed by atoms with E-state index in [4.69, 9.17) is 4.74 Å². The molecule has 1 N–H and O–H groups in total. The van der Waals surface area contributed by atoms with Crippen molar-refractivity contribution in [3.05, 3.63) is 12.2 Å². The van der Waals surface area contributed by atoms with Crippen molar-refractivity contribution >= 4 is 5.97 Å². The van der Waals surface area contributed by atoms with Crippen LogP contribution in [-0.2, 0) is 9.53 Å². The van der Waals surface area contributed by atoms with Crippen LogP contribution < -0.4 is 0 Å². The zero-order valence-electron chi connectivity index (χ0n) is 8.82. The molecule has 0 saturated heterocycles. The van der Waals surface area contributed by atoms with E-state index in [-0.39, 0.29) is 5.97 Å². The van der Waals surface area contributed by atoms with Gasteiger partial charge in [0.2, 0.25) is 0 Å². The molecule has 0 amide bonds. The molecule has 0 aromatic rings. The van der Waals surface area contributed by atoms with Gasteiger partial charge in [0.05, 0.1) is 12.7 Å². The summed E-state index contributed by atoms with van der Waals surface area (Å²) in [6.07, 6.45) is 6.88. The molecule has 14 heavy (non-hydrogen) atoms. The number of hydrogen-bond donors (Lipinski definition) is 1. The van der Waals surface area contributed by atoms with Gasteiger partial charge in [0, 0.05) is 0 Å². The first-order valence-electron chi connectivity index (χ1n) is 5.07. The van der Waals surface area contributed by atoms with Crippen molar-refractivity contribution in [2.45, 2.75) is 38.2 Å². The normalized spacial score (nSPS) is 22.5. The number of carbonyl (C=O) groups is 1. The molecule has 0 heterocycles. The SMILES string of the molecule is C/C=C\C(C(=O)OC)C1(O)CCCC1. The molecule has 1 fully saturated rings. The van der Waals surface area contributed by atoms with Gasteiger partial charge in [-0.2, -0.15) is 0 Å². The zero-order valence-corrected chi connectivity index (χ0v) is 8.82. The third-order valence-electron chi connectivity index (χ3n) is 2.89. The van der Waals surface area contributed by atoms with E-state index in [0.717, 1.165) is 12.8 Å². The van der Waals surface area contributed by atoms with Gasteiger partial charge in [0.15, 0.2) is 0 Å². The molecule has 1 aliphatic rings. The molecule has 0 aliphatic heterocycles. The van der Waals surface area contributed by atoms with Crippen LogP contribution in [0.1, 0.15) is 32.6 Å². The Morgan fingerprint density at radius 1 is 1.50 bits per heavy atom. The summed E-state index contributed by atoms with van der Waals surface area (Å²) in [4.78, 5) is 11.5. The maximum absolute atomic E-state index is 11.5. The molecule has 1 unspecified atom stereocenters. The number of allylic oxidation sites excluding steroid dienone is 1. The summed E-state index contributed by atoms with van der Waals surface area (Å²) >= 11 is 0. The summed E-state index contributed by atoms with van der Waals surface area (Å²) in [5.41, 5.74) is -0.875. The standard InChI is InChI=1S/C11H18O3/c1-3-6-9(10(12)14-2)11(13)7-4-5-8-11/h3,6,9,13H,4-5,7-8H2,1-2H3/b6-3-. The number of esters is 1. The first-order valence-corrected chi connectivity index (χ1v) is 5.07. The van der Waals surface area contributed by atoms with Crippen molar-refractivity contribution in [1.82, 2.24) is 0 Å². The number of hydrogen-bond acceptors (Lipinski definition) is 3. The molecular formula is C11H18O3. The Kier molecular flexibility index (Phi) is 3.69. The van der Waals surface area contributed by atoms with E-state index < -0.39 is 11.5 Å². The fraction of sp³-hybridized carbons (Fsp3) is 0.727. The van der Waals surface area contributed by atoms with Crippen molar-refractivity contribution in [3.8, 4) is 0 Å². The van der Waals surface area contributed by atoms with Crippen LogP contribution in [0.3, 0.4) is 0 Å². The van der Waals surface area contributed by atoms with E-state index in [1.165, 1.54) is 7.11 Å². The first kappa shape index (κ1) is 11.2. The Morgan fingerprint density at radius 3 is 2.50 bits per heavy atom. The minimum Gasteiger partial charge on any atom is -0.468 e. The monoisotopic (exact) mass is 198 g/mol. The predicted molar refractivity (Wildman–Crippen MR) is 53.7 cm³/mol. The number of ether oxygens (including phenoxy) is 1. The van der Waals surface area contributed by atoms with Crippen LogP contribution in [0.4, 0.5) is 0 Å². The second kappa shape index (κ2) is 4.60. The smallest absolute Gasteiger partial charge is 0.315 e. The molecule has 0 aromatic carbocycles. The van der Waals surface area contributed by atoms with Crippen molar-refractivity contribution in [2.24, 2.45) is 5.92 Å². The van der Waals surface area contributed by atoms with E-state index in [1.54, 1.807) is 12.2 Å². The molecule has 1 atom stereocenters. The third kappa shape index (κ3) is 2.15. The quantitative estimate of drug-likeness (QED) is 0.554. The lowest BCUT2D eigenvalue weighted by atomic mass is 9.85. The average molecular weight is 198 g/mol. The molecule has 1 saturated carbocycles. The maximum atomic E-state index is 11.5. The molecule has 1 aliphatic carbocycles. The highest BCUT2D eigenvalue weighted by molar-refractivity contribution is 5.75. The second-order valence-corrected chi connectivity index (χ2v) is 3.84. The molecule has 0 spiro atoms.